The van der Waals surface area contributed by atoms with Gasteiger partial charge < -0.3 is 19.2 Å². The maximum atomic E-state index is 12.5. The minimum Gasteiger partial charge on any atom is -0.488 e. The Kier molecular flexibility index (Phi) is 6.57. The van der Waals surface area contributed by atoms with Crippen LogP contribution in [0.1, 0.15) is 10.6 Å². The molecule has 0 aliphatic carbocycles. The molecule has 0 radical (unpaired) electrons. The molecule has 2 N–H and O–H groups in total. The molecule has 0 spiro atoms. The molecule has 0 fully saturated rings. The Balaban J connectivity index is 1.80. The summed E-state index contributed by atoms with van der Waals surface area (Å²) < 4.78 is 19.0. The predicted molar refractivity (Wildman–Crippen MR) is 106 cm³/mol. The molecular formula is C15H14ClN5O5S2. The number of amides is 1. The summed E-state index contributed by atoms with van der Waals surface area (Å²) in [5, 5.41) is 14.6. The van der Waals surface area contributed by atoms with Gasteiger partial charge in [0.05, 0.1) is 30.6 Å². The van der Waals surface area contributed by atoms with Gasteiger partial charge in [-0.1, -0.05) is 22.9 Å². The molecule has 1 amide bonds. The van der Waals surface area contributed by atoms with E-state index in [1.54, 1.807) is 7.11 Å². The van der Waals surface area contributed by atoms with Gasteiger partial charge in [-0.25, -0.2) is 4.79 Å². The number of anilines is 2. The number of carbonyl (C=O) groups excluding carboxylic acids is 1. The number of nitrogens with zero attached hydrogens (tertiary/aromatic N) is 3. The van der Waals surface area contributed by atoms with Gasteiger partial charge in [0, 0.05) is 19.7 Å². The van der Waals surface area contributed by atoms with Crippen LogP contribution < -0.4 is 21.0 Å². The highest BCUT2D eigenvalue weighted by Crippen LogP contribution is 2.34. The van der Waals surface area contributed by atoms with Crippen LogP contribution >= 0.6 is 34.5 Å². The number of aromatic nitrogens is 3. The highest BCUT2D eigenvalue weighted by atomic mass is 35.5. The molecule has 3 aromatic rings. The van der Waals surface area contributed by atoms with E-state index in [0.717, 1.165) is 11.3 Å². The number of halogens is 1. The Morgan fingerprint density at radius 3 is 2.86 bits per heavy atom. The van der Waals surface area contributed by atoms with E-state index in [1.807, 2.05) is 0 Å². The van der Waals surface area contributed by atoms with Gasteiger partial charge in [0.25, 0.3) is 5.91 Å². The molecule has 0 aromatic carbocycles. The van der Waals surface area contributed by atoms with Crippen molar-refractivity contribution in [1.29, 1.82) is 0 Å². The lowest BCUT2D eigenvalue weighted by molar-refractivity contribution is 0.0991. The second kappa shape index (κ2) is 9.10. The molecule has 0 atom stereocenters. The number of rotatable bonds is 8. The molecule has 3 rings (SSSR count). The molecular weight excluding hydrogens is 430 g/mol. The Morgan fingerprint density at radius 1 is 1.36 bits per heavy atom. The van der Waals surface area contributed by atoms with Crippen molar-refractivity contribution in [1.82, 2.24) is 14.6 Å². The number of nitrogens with one attached hydrogen (secondary N) is 2. The lowest BCUT2D eigenvalue weighted by Crippen LogP contribution is -2.18. The molecule has 0 unspecified atom stereocenters. The quantitative estimate of drug-likeness (QED) is 0.504. The van der Waals surface area contributed by atoms with Crippen LogP contribution in [-0.4, -0.2) is 47.8 Å². The molecule has 0 saturated carbocycles. The Morgan fingerprint density at radius 2 is 2.18 bits per heavy atom. The summed E-state index contributed by atoms with van der Waals surface area (Å²) in [7, 11) is 2.88. The van der Waals surface area contributed by atoms with Crippen LogP contribution in [-0.2, 0) is 4.74 Å². The van der Waals surface area contributed by atoms with Crippen molar-refractivity contribution in [3.05, 3.63) is 33.5 Å². The minimum absolute atomic E-state index is 0.0364. The van der Waals surface area contributed by atoms with Crippen LogP contribution in [0.5, 0.6) is 5.75 Å². The van der Waals surface area contributed by atoms with Crippen molar-refractivity contribution in [3.8, 4) is 15.6 Å². The van der Waals surface area contributed by atoms with E-state index in [0.29, 0.717) is 33.7 Å². The summed E-state index contributed by atoms with van der Waals surface area (Å²) in [6, 6.07) is 1.37. The number of carbonyl (C=O) groups is 1. The number of hydrogen-bond acceptors (Lipinski definition) is 11. The molecule has 3 heterocycles. The molecule has 28 heavy (non-hydrogen) atoms. The topological polar surface area (TPSA) is 128 Å². The second-order valence-electron chi connectivity index (χ2n) is 5.13. The first-order valence-electron chi connectivity index (χ1n) is 7.73. The summed E-state index contributed by atoms with van der Waals surface area (Å²) in [5.41, 5.74) is -0.472. The fourth-order valence-corrected chi connectivity index (χ4v) is 3.91. The minimum atomic E-state index is -0.788. The van der Waals surface area contributed by atoms with E-state index >= 15 is 0 Å². The van der Waals surface area contributed by atoms with Gasteiger partial charge in [0.2, 0.25) is 10.9 Å². The van der Waals surface area contributed by atoms with Crippen LogP contribution in [0.3, 0.4) is 0 Å². The maximum absolute atomic E-state index is 12.5. The third-order valence-electron chi connectivity index (χ3n) is 3.32. The van der Waals surface area contributed by atoms with Crippen molar-refractivity contribution in [2.75, 3.05) is 38.0 Å². The van der Waals surface area contributed by atoms with E-state index in [-0.39, 0.29) is 16.6 Å². The van der Waals surface area contributed by atoms with Crippen LogP contribution in [0.25, 0.3) is 9.88 Å². The van der Waals surface area contributed by atoms with Gasteiger partial charge in [0.15, 0.2) is 10.8 Å². The van der Waals surface area contributed by atoms with E-state index < -0.39 is 11.5 Å². The monoisotopic (exact) mass is 443 g/mol. The fourth-order valence-electron chi connectivity index (χ4n) is 2.10. The van der Waals surface area contributed by atoms with Gasteiger partial charge in [-0.3, -0.25) is 10.1 Å². The van der Waals surface area contributed by atoms with Gasteiger partial charge in [-0.2, -0.15) is 4.37 Å². The van der Waals surface area contributed by atoms with Crippen molar-refractivity contribution in [2.45, 2.75) is 0 Å². The third-order valence-corrected chi connectivity index (χ3v) is 5.51. The summed E-state index contributed by atoms with van der Waals surface area (Å²) in [6.45, 7) is 0.811. The average molecular weight is 444 g/mol. The van der Waals surface area contributed by atoms with Crippen molar-refractivity contribution in [3.63, 3.8) is 0 Å². The van der Waals surface area contributed by atoms with Crippen molar-refractivity contribution < 1.29 is 18.7 Å². The Labute approximate surface area is 171 Å². The third kappa shape index (κ3) is 4.47. The summed E-state index contributed by atoms with van der Waals surface area (Å²) in [4.78, 5) is 25.2. The van der Waals surface area contributed by atoms with Gasteiger partial charge in [-0.05, 0) is 11.5 Å². The van der Waals surface area contributed by atoms with Gasteiger partial charge in [-0.15, -0.1) is 10.2 Å². The highest BCUT2D eigenvalue weighted by molar-refractivity contribution is 7.22. The smallest absolute Gasteiger partial charge is 0.381 e. The van der Waals surface area contributed by atoms with Crippen LogP contribution in [0, 0.1) is 0 Å². The Bertz CT molecular complexity index is 1030. The lowest BCUT2D eigenvalue weighted by atomic mass is 10.3. The number of hydrogen-bond donors (Lipinski definition) is 2. The predicted octanol–water partition coefficient (Wildman–Crippen LogP) is 2.59. The van der Waals surface area contributed by atoms with E-state index in [1.165, 1.54) is 30.9 Å². The normalized spacial score (nSPS) is 10.7. The number of methoxy groups -OCH3 is 2. The standard InChI is InChI=1S/C15H14ClN5O5S2/c1-24-4-3-17-8-5-9(26-14(23)10(8)25-2)12(22)19-15-21-20-13(27-15)11-7(16)6-18-28-11/h5-6,17H,3-4H2,1-2H3,(H,19,21,22). The summed E-state index contributed by atoms with van der Waals surface area (Å²) in [6.07, 6.45) is 1.51. The second-order valence-corrected chi connectivity index (χ2v) is 7.32. The van der Waals surface area contributed by atoms with Gasteiger partial charge >= 0.3 is 5.63 Å². The van der Waals surface area contributed by atoms with Crippen molar-refractivity contribution >= 4 is 51.2 Å². The molecule has 3 aromatic heterocycles. The maximum Gasteiger partial charge on any atom is 0.381 e. The molecule has 13 heteroatoms. The first-order valence-corrected chi connectivity index (χ1v) is 9.70. The van der Waals surface area contributed by atoms with E-state index in [9.17, 15) is 9.59 Å². The summed E-state index contributed by atoms with van der Waals surface area (Å²) >= 11 is 8.31. The zero-order valence-electron chi connectivity index (χ0n) is 14.6. The van der Waals surface area contributed by atoms with Gasteiger partial charge in [0.1, 0.15) is 4.88 Å². The lowest BCUT2D eigenvalue weighted by Gasteiger charge is -2.10. The highest BCUT2D eigenvalue weighted by Gasteiger charge is 2.19. The molecule has 0 aliphatic heterocycles. The largest absolute Gasteiger partial charge is 0.488 e. The summed E-state index contributed by atoms with van der Waals surface area (Å²) in [5.74, 6) is -0.906. The van der Waals surface area contributed by atoms with Crippen LogP contribution in [0.2, 0.25) is 5.02 Å². The first-order chi connectivity index (χ1) is 13.5. The number of ether oxygens (including phenoxy) is 2. The zero-order chi connectivity index (χ0) is 20.1. The SMILES string of the molecule is COCCNc1cc(C(=O)Nc2nnc(-c3sncc3Cl)s2)oc(=O)c1OC. The molecule has 10 nitrogen and oxygen atoms in total. The molecule has 0 aliphatic rings. The molecule has 0 saturated heterocycles. The van der Waals surface area contributed by atoms with E-state index in [2.05, 4.69) is 25.2 Å². The molecule has 148 valence electrons. The van der Waals surface area contributed by atoms with Crippen molar-refractivity contribution in [2.24, 2.45) is 0 Å². The zero-order valence-corrected chi connectivity index (χ0v) is 17.0. The Hall–Kier alpha value is -2.54. The first kappa shape index (κ1) is 20.2. The van der Waals surface area contributed by atoms with E-state index in [4.69, 9.17) is 25.5 Å². The molecule has 0 bridgehead atoms. The fraction of sp³-hybridized carbons (Fsp3) is 0.267. The van der Waals surface area contributed by atoms with Crippen LogP contribution in [0.4, 0.5) is 10.8 Å². The average Bonchev–Trinajstić information content (AvgIpc) is 3.30. The van der Waals surface area contributed by atoms with Crippen LogP contribution in [0.15, 0.2) is 21.5 Å².